The molecule has 1 aromatic carbocycles. The molecular formula is C12H16F3NO. The predicted octanol–water partition coefficient (Wildman–Crippen LogP) is 2.78. The van der Waals surface area contributed by atoms with Crippen LogP contribution in [0.1, 0.15) is 24.9 Å². The van der Waals surface area contributed by atoms with Gasteiger partial charge in [-0.3, -0.25) is 0 Å². The highest BCUT2D eigenvalue weighted by atomic mass is 19.1. The normalized spacial score (nSPS) is 14.7. The van der Waals surface area contributed by atoms with Crippen LogP contribution in [0.25, 0.3) is 0 Å². The highest BCUT2D eigenvalue weighted by molar-refractivity contribution is 5.24. The minimum atomic E-state index is -0.945. The van der Waals surface area contributed by atoms with E-state index in [9.17, 15) is 13.2 Å². The van der Waals surface area contributed by atoms with Crippen LogP contribution >= 0.6 is 0 Å². The quantitative estimate of drug-likeness (QED) is 0.868. The maximum absolute atomic E-state index is 13.5. The minimum Gasteiger partial charge on any atom is -0.385 e. The van der Waals surface area contributed by atoms with Gasteiger partial charge in [-0.25, -0.2) is 13.2 Å². The van der Waals surface area contributed by atoms with Crippen molar-refractivity contribution in [2.75, 3.05) is 13.7 Å². The summed E-state index contributed by atoms with van der Waals surface area (Å²) in [5.74, 6) is -3.00. The van der Waals surface area contributed by atoms with Gasteiger partial charge in [-0.2, -0.15) is 0 Å². The van der Waals surface area contributed by atoms with Crippen molar-refractivity contribution in [1.82, 2.24) is 0 Å². The minimum absolute atomic E-state index is 0.163. The molecule has 2 unspecified atom stereocenters. The average Bonchev–Trinajstić information content (AvgIpc) is 2.24. The molecule has 0 aliphatic rings. The molecule has 0 saturated carbocycles. The van der Waals surface area contributed by atoms with Crippen molar-refractivity contribution in [2.24, 2.45) is 11.7 Å². The first-order chi connectivity index (χ1) is 7.97. The van der Waals surface area contributed by atoms with E-state index in [-0.39, 0.29) is 11.5 Å². The monoisotopic (exact) mass is 247 g/mol. The Morgan fingerprint density at radius 1 is 1.24 bits per heavy atom. The fraction of sp³-hybridized carbons (Fsp3) is 0.500. The molecule has 0 spiro atoms. The lowest BCUT2D eigenvalue weighted by Gasteiger charge is -2.21. The molecule has 5 heteroatoms. The van der Waals surface area contributed by atoms with Crippen molar-refractivity contribution < 1.29 is 17.9 Å². The van der Waals surface area contributed by atoms with Gasteiger partial charge in [-0.1, -0.05) is 6.92 Å². The fourth-order valence-electron chi connectivity index (χ4n) is 1.64. The zero-order chi connectivity index (χ0) is 13.0. The Morgan fingerprint density at radius 3 is 2.24 bits per heavy atom. The van der Waals surface area contributed by atoms with Crippen LogP contribution in [-0.4, -0.2) is 13.7 Å². The van der Waals surface area contributed by atoms with Crippen LogP contribution in [-0.2, 0) is 4.74 Å². The van der Waals surface area contributed by atoms with E-state index in [4.69, 9.17) is 10.5 Å². The Hall–Kier alpha value is -1.07. The Bertz CT molecular complexity index is 361. The second-order valence-corrected chi connectivity index (χ2v) is 4.07. The number of halogens is 3. The number of nitrogens with two attached hydrogens (primary N) is 1. The standard InChI is InChI=1S/C12H16F3NO/c1-7(3-4-17-2)12(16)11-9(14)5-8(13)6-10(11)15/h5-7,12H,3-4,16H2,1-2H3. The van der Waals surface area contributed by atoms with Gasteiger partial charge in [-0.15, -0.1) is 0 Å². The van der Waals surface area contributed by atoms with Gasteiger partial charge >= 0.3 is 0 Å². The van der Waals surface area contributed by atoms with Gasteiger partial charge in [0.15, 0.2) is 0 Å². The van der Waals surface area contributed by atoms with Crippen molar-refractivity contribution >= 4 is 0 Å². The first-order valence-electron chi connectivity index (χ1n) is 5.36. The van der Waals surface area contributed by atoms with Crippen molar-refractivity contribution in [3.05, 3.63) is 35.1 Å². The molecule has 96 valence electrons. The number of hydrogen-bond donors (Lipinski definition) is 1. The molecule has 0 bridgehead atoms. The van der Waals surface area contributed by atoms with E-state index < -0.39 is 23.5 Å². The number of rotatable bonds is 5. The number of methoxy groups -OCH3 is 1. The highest BCUT2D eigenvalue weighted by Gasteiger charge is 2.22. The summed E-state index contributed by atoms with van der Waals surface area (Å²) in [6, 6.07) is 0.466. The number of hydrogen-bond acceptors (Lipinski definition) is 2. The Balaban J connectivity index is 2.91. The van der Waals surface area contributed by atoms with Gasteiger partial charge in [0.25, 0.3) is 0 Å². The topological polar surface area (TPSA) is 35.2 Å². The zero-order valence-corrected chi connectivity index (χ0v) is 9.84. The van der Waals surface area contributed by atoms with Gasteiger partial charge in [0.1, 0.15) is 17.5 Å². The van der Waals surface area contributed by atoms with E-state index >= 15 is 0 Å². The molecule has 17 heavy (non-hydrogen) atoms. The lowest BCUT2D eigenvalue weighted by molar-refractivity contribution is 0.173. The average molecular weight is 247 g/mol. The van der Waals surface area contributed by atoms with Gasteiger partial charge in [-0.05, 0) is 12.3 Å². The van der Waals surface area contributed by atoms with E-state index in [0.717, 1.165) is 0 Å². The van der Waals surface area contributed by atoms with Crippen molar-refractivity contribution in [2.45, 2.75) is 19.4 Å². The molecule has 2 atom stereocenters. The summed E-state index contributed by atoms with van der Waals surface area (Å²) in [6.45, 7) is 2.23. The Kier molecular flexibility index (Phi) is 4.96. The molecule has 0 aliphatic carbocycles. The van der Waals surface area contributed by atoms with Crippen LogP contribution in [0.5, 0.6) is 0 Å². The zero-order valence-electron chi connectivity index (χ0n) is 9.84. The lowest BCUT2D eigenvalue weighted by atomic mass is 9.92. The molecule has 0 fully saturated rings. The second kappa shape index (κ2) is 6.02. The van der Waals surface area contributed by atoms with Crippen LogP contribution in [0.15, 0.2) is 12.1 Å². The van der Waals surface area contributed by atoms with E-state index in [0.29, 0.717) is 25.2 Å². The van der Waals surface area contributed by atoms with Gasteiger partial charge in [0.05, 0.1) is 0 Å². The van der Waals surface area contributed by atoms with Crippen LogP contribution in [0.4, 0.5) is 13.2 Å². The maximum Gasteiger partial charge on any atom is 0.133 e. The van der Waals surface area contributed by atoms with Crippen LogP contribution in [0.2, 0.25) is 0 Å². The van der Waals surface area contributed by atoms with Crippen molar-refractivity contribution in [1.29, 1.82) is 0 Å². The van der Waals surface area contributed by atoms with E-state index in [2.05, 4.69) is 0 Å². The Labute approximate surface area is 98.6 Å². The number of benzene rings is 1. The lowest BCUT2D eigenvalue weighted by Crippen LogP contribution is -2.23. The first-order valence-corrected chi connectivity index (χ1v) is 5.36. The highest BCUT2D eigenvalue weighted by Crippen LogP contribution is 2.27. The predicted molar refractivity (Wildman–Crippen MR) is 58.9 cm³/mol. The molecule has 0 amide bonds. The second-order valence-electron chi connectivity index (χ2n) is 4.07. The Morgan fingerprint density at radius 2 is 1.76 bits per heavy atom. The van der Waals surface area contributed by atoms with Crippen LogP contribution in [0.3, 0.4) is 0 Å². The molecule has 1 rings (SSSR count). The summed E-state index contributed by atoms with van der Waals surface area (Å²) >= 11 is 0. The molecule has 0 aromatic heterocycles. The molecule has 1 aromatic rings. The molecule has 2 nitrogen and oxygen atoms in total. The summed E-state index contributed by atoms with van der Waals surface area (Å²) in [7, 11) is 1.54. The third-order valence-corrected chi connectivity index (χ3v) is 2.77. The third kappa shape index (κ3) is 3.44. The van der Waals surface area contributed by atoms with Crippen LogP contribution in [0, 0.1) is 23.4 Å². The third-order valence-electron chi connectivity index (χ3n) is 2.77. The van der Waals surface area contributed by atoms with E-state index in [1.54, 1.807) is 6.92 Å². The van der Waals surface area contributed by atoms with Gasteiger partial charge in [0, 0.05) is 37.5 Å². The van der Waals surface area contributed by atoms with Crippen LogP contribution < -0.4 is 5.73 Å². The van der Waals surface area contributed by atoms with Crippen molar-refractivity contribution in [3.63, 3.8) is 0 Å². The SMILES string of the molecule is COCCC(C)C(N)c1c(F)cc(F)cc1F. The number of ether oxygens (including phenoxy) is 1. The first kappa shape index (κ1) is 14.0. The molecule has 2 N–H and O–H groups in total. The van der Waals surface area contributed by atoms with Crippen molar-refractivity contribution in [3.8, 4) is 0 Å². The molecule has 0 radical (unpaired) electrons. The molecule has 0 heterocycles. The van der Waals surface area contributed by atoms with Gasteiger partial charge in [0.2, 0.25) is 0 Å². The summed E-state index contributed by atoms with van der Waals surface area (Å²) in [5.41, 5.74) is 5.50. The maximum atomic E-state index is 13.5. The van der Waals surface area contributed by atoms with Gasteiger partial charge < -0.3 is 10.5 Å². The molecule has 0 saturated heterocycles. The summed E-state index contributed by atoms with van der Waals surface area (Å²) in [5, 5.41) is 0. The molecule has 0 aliphatic heterocycles. The smallest absolute Gasteiger partial charge is 0.133 e. The van der Waals surface area contributed by atoms with E-state index in [1.165, 1.54) is 7.11 Å². The molecular weight excluding hydrogens is 231 g/mol. The largest absolute Gasteiger partial charge is 0.385 e. The van der Waals surface area contributed by atoms with E-state index in [1.807, 2.05) is 0 Å². The summed E-state index contributed by atoms with van der Waals surface area (Å²) in [4.78, 5) is 0. The summed E-state index contributed by atoms with van der Waals surface area (Å²) in [6.07, 6.45) is 0.577. The fourth-order valence-corrected chi connectivity index (χ4v) is 1.64. The summed E-state index contributed by atoms with van der Waals surface area (Å²) < 4.78 is 44.5.